The maximum absolute atomic E-state index is 11.5. The Labute approximate surface area is 141 Å². The molecule has 0 aromatic rings. The molecule has 0 bridgehead atoms. The Morgan fingerprint density at radius 3 is 2.35 bits per heavy atom. The van der Waals surface area contributed by atoms with Gasteiger partial charge in [-0.1, -0.05) is 13.5 Å². The molecule has 23 heavy (non-hydrogen) atoms. The second-order valence-electron chi connectivity index (χ2n) is 8.34. The molecular weight excluding hydrogens is 286 g/mol. The lowest BCUT2D eigenvalue weighted by Crippen LogP contribution is -2.37. The molecule has 1 saturated carbocycles. The Kier molecular flexibility index (Phi) is 5.00. The summed E-state index contributed by atoms with van der Waals surface area (Å²) in [7, 11) is 0. The molecule has 3 aliphatic rings. The van der Waals surface area contributed by atoms with E-state index in [1.54, 1.807) is 6.92 Å². The topological polar surface area (TPSA) is 35.6 Å². The number of carbonyl (C=O) groups is 1. The van der Waals surface area contributed by atoms with Gasteiger partial charge in [-0.05, 0) is 49.9 Å². The van der Waals surface area contributed by atoms with Crippen molar-refractivity contribution >= 4 is 5.91 Å². The summed E-state index contributed by atoms with van der Waals surface area (Å²) >= 11 is 0. The highest BCUT2D eigenvalue weighted by Crippen LogP contribution is 2.37. The van der Waals surface area contributed by atoms with Gasteiger partial charge in [0.2, 0.25) is 5.91 Å². The number of amides is 1. The maximum Gasteiger partial charge on any atom is 0.219 e. The number of hydrogen-bond donors (Lipinski definition) is 1. The van der Waals surface area contributed by atoms with Crippen LogP contribution in [-0.2, 0) is 4.79 Å². The SMILES string of the molecule is C=C(N[C@H](C)CCN1C[C@@H]2CN(C(C)=O)C[C@@H]2C1)C1CC(C)C1. The van der Waals surface area contributed by atoms with Crippen LogP contribution in [0.3, 0.4) is 0 Å². The number of nitrogens with one attached hydrogen (secondary N) is 1. The number of allylic oxidation sites excluding steroid dienone is 1. The van der Waals surface area contributed by atoms with E-state index in [-0.39, 0.29) is 5.91 Å². The summed E-state index contributed by atoms with van der Waals surface area (Å²) in [4.78, 5) is 16.1. The van der Waals surface area contributed by atoms with Gasteiger partial charge in [-0.25, -0.2) is 0 Å². The molecule has 2 aliphatic heterocycles. The second-order valence-corrected chi connectivity index (χ2v) is 8.34. The van der Waals surface area contributed by atoms with Crippen molar-refractivity contribution in [2.45, 2.75) is 46.1 Å². The number of nitrogens with zero attached hydrogens (tertiary/aromatic N) is 2. The van der Waals surface area contributed by atoms with E-state index < -0.39 is 0 Å². The van der Waals surface area contributed by atoms with Crippen LogP contribution >= 0.6 is 0 Å². The summed E-state index contributed by atoms with van der Waals surface area (Å²) in [5.74, 6) is 3.23. The predicted octanol–water partition coefficient (Wildman–Crippen LogP) is 2.32. The average molecular weight is 319 g/mol. The van der Waals surface area contributed by atoms with Crippen LogP contribution in [0.25, 0.3) is 0 Å². The number of rotatable bonds is 6. The molecule has 4 nitrogen and oxygen atoms in total. The van der Waals surface area contributed by atoms with E-state index in [4.69, 9.17) is 0 Å². The van der Waals surface area contributed by atoms with Crippen LogP contribution in [0.2, 0.25) is 0 Å². The molecule has 3 atom stereocenters. The highest BCUT2D eigenvalue weighted by atomic mass is 16.2. The summed E-state index contributed by atoms with van der Waals surface area (Å²) in [6.45, 7) is 16.0. The highest BCUT2D eigenvalue weighted by Gasteiger charge is 2.40. The third kappa shape index (κ3) is 3.90. The average Bonchev–Trinajstić information content (AvgIpc) is 2.99. The third-order valence-electron chi connectivity index (χ3n) is 6.18. The molecule has 2 heterocycles. The van der Waals surface area contributed by atoms with Crippen LogP contribution < -0.4 is 5.32 Å². The maximum atomic E-state index is 11.5. The van der Waals surface area contributed by atoms with Gasteiger partial charge in [0.15, 0.2) is 0 Å². The summed E-state index contributed by atoms with van der Waals surface area (Å²) < 4.78 is 0. The summed E-state index contributed by atoms with van der Waals surface area (Å²) in [6.07, 6.45) is 3.79. The molecule has 0 unspecified atom stereocenters. The van der Waals surface area contributed by atoms with Gasteiger partial charge in [0.05, 0.1) is 0 Å². The van der Waals surface area contributed by atoms with Gasteiger partial charge >= 0.3 is 0 Å². The van der Waals surface area contributed by atoms with E-state index in [9.17, 15) is 4.79 Å². The summed E-state index contributed by atoms with van der Waals surface area (Å²) in [6, 6.07) is 0.507. The zero-order valence-corrected chi connectivity index (χ0v) is 15.1. The van der Waals surface area contributed by atoms with Crippen molar-refractivity contribution in [2.24, 2.45) is 23.7 Å². The minimum Gasteiger partial charge on any atom is -0.386 e. The van der Waals surface area contributed by atoms with E-state index in [0.717, 1.165) is 25.6 Å². The van der Waals surface area contributed by atoms with Crippen molar-refractivity contribution in [3.63, 3.8) is 0 Å². The first-order chi connectivity index (χ1) is 10.9. The Morgan fingerprint density at radius 1 is 1.22 bits per heavy atom. The lowest BCUT2D eigenvalue weighted by atomic mass is 9.74. The van der Waals surface area contributed by atoms with Gasteiger partial charge in [-0.2, -0.15) is 0 Å². The van der Waals surface area contributed by atoms with E-state index in [2.05, 4.69) is 30.6 Å². The molecule has 2 saturated heterocycles. The molecule has 1 amide bonds. The normalized spacial score (nSPS) is 34.8. The van der Waals surface area contributed by atoms with Gasteiger partial charge in [0.1, 0.15) is 0 Å². The summed E-state index contributed by atoms with van der Waals surface area (Å²) in [5.41, 5.74) is 1.26. The lowest BCUT2D eigenvalue weighted by Gasteiger charge is -2.36. The first kappa shape index (κ1) is 16.8. The van der Waals surface area contributed by atoms with E-state index >= 15 is 0 Å². The smallest absolute Gasteiger partial charge is 0.219 e. The van der Waals surface area contributed by atoms with E-state index in [1.165, 1.54) is 38.0 Å². The van der Waals surface area contributed by atoms with Crippen LogP contribution in [0.1, 0.15) is 40.0 Å². The van der Waals surface area contributed by atoms with Crippen molar-refractivity contribution in [1.82, 2.24) is 15.1 Å². The largest absolute Gasteiger partial charge is 0.386 e. The number of likely N-dealkylation sites (tertiary alicyclic amines) is 2. The Balaban J connectivity index is 1.34. The standard InChI is InChI=1S/C19H33N3O/c1-13-7-17(8-13)15(3)20-14(2)5-6-21-9-18-11-22(16(4)23)12-19(18)10-21/h13-14,17-20H,3,5-12H2,1-2,4H3/t13?,14-,17?,18-,19+/m1/s1. The van der Waals surface area contributed by atoms with Crippen LogP contribution in [-0.4, -0.2) is 54.5 Å². The van der Waals surface area contributed by atoms with Gasteiger partial charge in [-0.15, -0.1) is 0 Å². The molecule has 0 radical (unpaired) electrons. The third-order valence-corrected chi connectivity index (χ3v) is 6.18. The summed E-state index contributed by atoms with van der Waals surface area (Å²) in [5, 5.41) is 3.62. The molecule has 4 heteroatoms. The molecular formula is C19H33N3O. The van der Waals surface area contributed by atoms with Crippen LogP contribution in [0.4, 0.5) is 0 Å². The molecule has 0 aromatic carbocycles. The first-order valence-electron chi connectivity index (χ1n) is 9.35. The van der Waals surface area contributed by atoms with Gasteiger partial charge in [-0.3, -0.25) is 4.79 Å². The zero-order valence-electron chi connectivity index (χ0n) is 15.1. The van der Waals surface area contributed by atoms with Crippen molar-refractivity contribution in [1.29, 1.82) is 0 Å². The lowest BCUT2D eigenvalue weighted by molar-refractivity contribution is -0.128. The fourth-order valence-electron chi connectivity index (χ4n) is 4.60. The van der Waals surface area contributed by atoms with Crippen molar-refractivity contribution in [3.8, 4) is 0 Å². The van der Waals surface area contributed by atoms with E-state index in [0.29, 0.717) is 23.8 Å². The van der Waals surface area contributed by atoms with Gasteiger partial charge < -0.3 is 15.1 Å². The number of hydrogen-bond acceptors (Lipinski definition) is 3. The molecule has 3 rings (SSSR count). The van der Waals surface area contributed by atoms with Gasteiger partial charge in [0.25, 0.3) is 0 Å². The number of carbonyl (C=O) groups excluding carboxylic acids is 1. The molecule has 1 aliphatic carbocycles. The Morgan fingerprint density at radius 2 is 1.83 bits per heavy atom. The molecule has 0 aromatic heterocycles. The van der Waals surface area contributed by atoms with Crippen molar-refractivity contribution in [3.05, 3.63) is 12.3 Å². The monoisotopic (exact) mass is 319 g/mol. The minimum atomic E-state index is 0.243. The molecule has 3 fully saturated rings. The predicted molar refractivity (Wildman–Crippen MR) is 93.9 cm³/mol. The fourth-order valence-corrected chi connectivity index (χ4v) is 4.60. The van der Waals surface area contributed by atoms with Crippen LogP contribution in [0.15, 0.2) is 12.3 Å². The molecule has 1 N–H and O–H groups in total. The fraction of sp³-hybridized carbons (Fsp3) is 0.842. The zero-order chi connectivity index (χ0) is 16.6. The van der Waals surface area contributed by atoms with Crippen molar-refractivity contribution < 1.29 is 4.79 Å². The molecule has 130 valence electrons. The highest BCUT2D eigenvalue weighted by molar-refractivity contribution is 5.73. The second kappa shape index (κ2) is 6.84. The number of fused-ring (bicyclic) bond motifs is 1. The minimum absolute atomic E-state index is 0.243. The van der Waals surface area contributed by atoms with Crippen molar-refractivity contribution in [2.75, 3.05) is 32.7 Å². The van der Waals surface area contributed by atoms with Crippen LogP contribution in [0.5, 0.6) is 0 Å². The first-order valence-corrected chi connectivity index (χ1v) is 9.35. The molecule has 0 spiro atoms. The van der Waals surface area contributed by atoms with E-state index in [1.807, 2.05) is 4.90 Å². The quantitative estimate of drug-likeness (QED) is 0.816. The van der Waals surface area contributed by atoms with Crippen LogP contribution in [0, 0.1) is 23.7 Å². The Hall–Kier alpha value is -1.03. The Bertz CT molecular complexity index is 444. The van der Waals surface area contributed by atoms with Gasteiger partial charge in [0, 0.05) is 51.4 Å².